The monoisotopic (exact) mass is 263 g/mol. The van der Waals surface area contributed by atoms with Crippen LogP contribution >= 0.6 is 0 Å². The fourth-order valence-corrected chi connectivity index (χ4v) is 2.84. The van der Waals surface area contributed by atoms with Gasteiger partial charge in [0.05, 0.1) is 6.10 Å². The summed E-state index contributed by atoms with van der Waals surface area (Å²) in [4.78, 5) is 2.52. The summed E-state index contributed by atoms with van der Waals surface area (Å²) in [5, 5.41) is 9.31. The molecule has 106 valence electrons. The Kier molecular flexibility index (Phi) is 5.23. The number of likely N-dealkylation sites (tertiary alicyclic amines) is 1. The van der Waals surface area contributed by atoms with E-state index in [2.05, 4.69) is 18.7 Å². The molecule has 0 saturated carbocycles. The number of rotatable bonds is 5. The highest BCUT2D eigenvalue weighted by molar-refractivity contribution is 5.26. The van der Waals surface area contributed by atoms with Gasteiger partial charge in [0, 0.05) is 19.2 Å². The van der Waals surface area contributed by atoms with E-state index in [0.717, 1.165) is 19.6 Å². The Balaban J connectivity index is 1.88. The Hall–Kier alpha value is -1.06. The van der Waals surface area contributed by atoms with E-state index in [4.69, 9.17) is 4.74 Å². The molecular weight excluding hydrogens is 238 g/mol. The van der Waals surface area contributed by atoms with Crippen molar-refractivity contribution in [2.75, 3.05) is 19.7 Å². The Morgan fingerprint density at radius 1 is 1.37 bits per heavy atom. The van der Waals surface area contributed by atoms with Crippen molar-refractivity contribution in [3.8, 4) is 5.75 Å². The number of hydrogen-bond donors (Lipinski definition) is 1. The van der Waals surface area contributed by atoms with Crippen LogP contribution in [0.4, 0.5) is 0 Å². The molecule has 1 aliphatic heterocycles. The third-order valence-corrected chi connectivity index (χ3v) is 3.90. The zero-order valence-corrected chi connectivity index (χ0v) is 12.0. The van der Waals surface area contributed by atoms with E-state index in [0.29, 0.717) is 17.9 Å². The standard InChI is InChI=1S/C16H25NO2/c1-3-19-16-5-4-10-17(12-16)13(2)11-14-6-8-15(18)9-7-14/h6-9,13,16,18H,3-5,10-12H2,1-2H3. The summed E-state index contributed by atoms with van der Waals surface area (Å²) >= 11 is 0. The number of phenolic OH excluding ortho intramolecular Hbond substituents is 1. The maximum absolute atomic E-state index is 9.31. The first-order valence-corrected chi connectivity index (χ1v) is 7.32. The topological polar surface area (TPSA) is 32.7 Å². The Morgan fingerprint density at radius 3 is 2.79 bits per heavy atom. The van der Waals surface area contributed by atoms with Gasteiger partial charge in [0.2, 0.25) is 0 Å². The van der Waals surface area contributed by atoms with Crippen LogP contribution in [0, 0.1) is 0 Å². The lowest BCUT2D eigenvalue weighted by molar-refractivity contribution is -0.00495. The van der Waals surface area contributed by atoms with Crippen molar-refractivity contribution in [2.24, 2.45) is 0 Å². The molecule has 19 heavy (non-hydrogen) atoms. The van der Waals surface area contributed by atoms with Gasteiger partial charge in [0.1, 0.15) is 5.75 Å². The number of piperidine rings is 1. The maximum atomic E-state index is 9.31. The zero-order chi connectivity index (χ0) is 13.7. The molecule has 0 radical (unpaired) electrons. The first-order chi connectivity index (χ1) is 9.19. The second kappa shape index (κ2) is 6.92. The Labute approximate surface area is 116 Å². The minimum Gasteiger partial charge on any atom is -0.508 e. The summed E-state index contributed by atoms with van der Waals surface area (Å²) in [6.45, 7) is 7.38. The summed E-state index contributed by atoms with van der Waals surface area (Å²) in [7, 11) is 0. The average Bonchev–Trinajstić information content (AvgIpc) is 2.42. The highest BCUT2D eigenvalue weighted by Gasteiger charge is 2.23. The lowest BCUT2D eigenvalue weighted by Crippen LogP contribution is -2.45. The third kappa shape index (κ3) is 4.22. The zero-order valence-electron chi connectivity index (χ0n) is 12.0. The van der Waals surface area contributed by atoms with E-state index in [1.54, 1.807) is 12.1 Å². The molecule has 1 fully saturated rings. The molecule has 0 spiro atoms. The number of aromatic hydroxyl groups is 1. The fraction of sp³-hybridized carbons (Fsp3) is 0.625. The highest BCUT2D eigenvalue weighted by Crippen LogP contribution is 2.19. The van der Waals surface area contributed by atoms with E-state index in [1.165, 1.54) is 24.9 Å². The molecule has 1 aromatic rings. The van der Waals surface area contributed by atoms with Crippen LogP contribution in [0.5, 0.6) is 5.75 Å². The molecule has 2 unspecified atom stereocenters. The SMILES string of the molecule is CCOC1CCCN(C(C)Cc2ccc(O)cc2)C1. The van der Waals surface area contributed by atoms with Gasteiger partial charge in [0.15, 0.2) is 0 Å². The normalized spacial score (nSPS) is 22.3. The van der Waals surface area contributed by atoms with E-state index in [9.17, 15) is 5.11 Å². The van der Waals surface area contributed by atoms with Gasteiger partial charge in [-0.15, -0.1) is 0 Å². The molecule has 1 N–H and O–H groups in total. The molecule has 0 bridgehead atoms. The van der Waals surface area contributed by atoms with Crippen molar-refractivity contribution in [2.45, 2.75) is 45.3 Å². The van der Waals surface area contributed by atoms with Crippen LogP contribution in [-0.2, 0) is 11.2 Å². The molecule has 3 nitrogen and oxygen atoms in total. The number of benzene rings is 1. The first kappa shape index (κ1) is 14.4. The number of hydrogen-bond acceptors (Lipinski definition) is 3. The molecule has 2 atom stereocenters. The number of phenols is 1. The van der Waals surface area contributed by atoms with Crippen molar-refractivity contribution >= 4 is 0 Å². The van der Waals surface area contributed by atoms with Gasteiger partial charge in [-0.25, -0.2) is 0 Å². The summed E-state index contributed by atoms with van der Waals surface area (Å²) in [6, 6.07) is 8.07. The molecule has 2 rings (SSSR count). The van der Waals surface area contributed by atoms with Gasteiger partial charge < -0.3 is 9.84 Å². The molecule has 1 heterocycles. The van der Waals surface area contributed by atoms with Crippen molar-refractivity contribution in [1.29, 1.82) is 0 Å². The van der Waals surface area contributed by atoms with Crippen LogP contribution in [0.2, 0.25) is 0 Å². The van der Waals surface area contributed by atoms with E-state index >= 15 is 0 Å². The third-order valence-electron chi connectivity index (χ3n) is 3.90. The summed E-state index contributed by atoms with van der Waals surface area (Å²) in [6.07, 6.45) is 3.85. The van der Waals surface area contributed by atoms with Crippen LogP contribution in [0.15, 0.2) is 24.3 Å². The van der Waals surface area contributed by atoms with Gasteiger partial charge in [0.25, 0.3) is 0 Å². The van der Waals surface area contributed by atoms with Crippen molar-refractivity contribution in [1.82, 2.24) is 4.90 Å². The molecule has 3 heteroatoms. The summed E-state index contributed by atoms with van der Waals surface area (Å²) in [5.74, 6) is 0.339. The Morgan fingerprint density at radius 2 is 2.11 bits per heavy atom. The van der Waals surface area contributed by atoms with Crippen LogP contribution in [0.25, 0.3) is 0 Å². The average molecular weight is 263 g/mol. The quantitative estimate of drug-likeness (QED) is 0.886. The van der Waals surface area contributed by atoms with Gasteiger partial charge in [-0.1, -0.05) is 12.1 Å². The van der Waals surface area contributed by atoms with E-state index < -0.39 is 0 Å². The van der Waals surface area contributed by atoms with Gasteiger partial charge >= 0.3 is 0 Å². The summed E-state index contributed by atoms with van der Waals surface area (Å²) < 4.78 is 5.75. The largest absolute Gasteiger partial charge is 0.508 e. The molecular formula is C16H25NO2. The molecule has 1 aromatic carbocycles. The van der Waals surface area contributed by atoms with Crippen molar-refractivity contribution in [3.05, 3.63) is 29.8 Å². The first-order valence-electron chi connectivity index (χ1n) is 7.32. The van der Waals surface area contributed by atoms with Gasteiger partial charge in [-0.3, -0.25) is 4.90 Å². The molecule has 0 aromatic heterocycles. The van der Waals surface area contributed by atoms with Gasteiger partial charge in [-0.2, -0.15) is 0 Å². The second-order valence-corrected chi connectivity index (χ2v) is 5.43. The minimum atomic E-state index is 0.339. The predicted octanol–water partition coefficient (Wildman–Crippen LogP) is 2.82. The van der Waals surface area contributed by atoms with E-state index in [-0.39, 0.29) is 0 Å². The lowest BCUT2D eigenvalue weighted by atomic mass is 10.0. The molecule has 0 aliphatic carbocycles. The van der Waals surface area contributed by atoms with Crippen molar-refractivity contribution < 1.29 is 9.84 Å². The lowest BCUT2D eigenvalue weighted by Gasteiger charge is -2.36. The summed E-state index contributed by atoms with van der Waals surface area (Å²) in [5.41, 5.74) is 1.28. The number of nitrogens with zero attached hydrogens (tertiary/aromatic N) is 1. The van der Waals surface area contributed by atoms with Crippen LogP contribution in [0.3, 0.4) is 0 Å². The Bertz CT molecular complexity index is 375. The number of ether oxygens (including phenoxy) is 1. The van der Waals surface area contributed by atoms with Crippen LogP contribution < -0.4 is 0 Å². The highest BCUT2D eigenvalue weighted by atomic mass is 16.5. The second-order valence-electron chi connectivity index (χ2n) is 5.43. The minimum absolute atomic E-state index is 0.339. The van der Waals surface area contributed by atoms with Gasteiger partial charge in [-0.05, 0) is 57.4 Å². The van der Waals surface area contributed by atoms with Crippen LogP contribution in [0.1, 0.15) is 32.3 Å². The van der Waals surface area contributed by atoms with Crippen LogP contribution in [-0.4, -0.2) is 41.8 Å². The molecule has 0 amide bonds. The predicted molar refractivity (Wildman–Crippen MR) is 77.5 cm³/mol. The van der Waals surface area contributed by atoms with E-state index in [1.807, 2.05) is 12.1 Å². The molecule has 1 saturated heterocycles. The fourth-order valence-electron chi connectivity index (χ4n) is 2.84. The smallest absolute Gasteiger partial charge is 0.115 e. The molecule has 1 aliphatic rings. The van der Waals surface area contributed by atoms with Crippen molar-refractivity contribution in [3.63, 3.8) is 0 Å². The maximum Gasteiger partial charge on any atom is 0.115 e.